The normalized spacial score (nSPS) is 10.8. The van der Waals surface area contributed by atoms with Crippen molar-refractivity contribution in [2.45, 2.75) is 7.43 Å². The van der Waals surface area contributed by atoms with Gasteiger partial charge in [0.1, 0.15) is 12.3 Å². The van der Waals surface area contributed by atoms with Gasteiger partial charge in [-0.1, -0.05) is 19.0 Å². The highest BCUT2D eigenvalue weighted by molar-refractivity contribution is 7.70. The highest BCUT2D eigenvalue weighted by Crippen LogP contribution is 2.36. The van der Waals surface area contributed by atoms with Gasteiger partial charge in [0, 0.05) is 6.20 Å². The van der Waals surface area contributed by atoms with Crippen molar-refractivity contribution >= 4 is 35.6 Å². The summed E-state index contributed by atoms with van der Waals surface area (Å²) in [6.45, 7) is 3.21. The van der Waals surface area contributed by atoms with Crippen molar-refractivity contribution in [3.8, 4) is 0 Å². The number of rotatable bonds is 1. The minimum Gasteiger partial charge on any atom is -0.319 e. The Hall–Kier alpha value is -0.110. The highest BCUT2D eigenvalue weighted by Gasteiger charge is 2.16. The molecule has 6 heteroatoms. The Balaban J connectivity index is 0.00000144. The molecule has 0 saturated carbocycles. The van der Waals surface area contributed by atoms with Gasteiger partial charge in [-0.2, -0.15) is 0 Å². The molecule has 1 aromatic heterocycles. The lowest BCUT2D eigenvalue weighted by atomic mass is 10.7. The number of aromatic nitrogens is 2. The van der Waals surface area contributed by atoms with E-state index >= 15 is 0 Å². The van der Waals surface area contributed by atoms with Crippen molar-refractivity contribution in [2.75, 3.05) is 13.3 Å². The Labute approximate surface area is 87.9 Å². The summed E-state index contributed by atoms with van der Waals surface area (Å²) in [6, 6.07) is 0. The molecule has 0 radical (unpaired) electrons. The first-order valence-electron chi connectivity index (χ1n) is 3.15. The van der Waals surface area contributed by atoms with E-state index in [1.807, 2.05) is 0 Å². The Morgan fingerprint density at radius 2 is 1.92 bits per heavy atom. The van der Waals surface area contributed by atoms with Crippen molar-refractivity contribution in [1.29, 1.82) is 0 Å². The molecule has 0 aliphatic heterocycles. The Bertz CT molecular complexity index is 350. The summed E-state index contributed by atoms with van der Waals surface area (Å²) in [4.78, 5) is 7.39. The van der Waals surface area contributed by atoms with E-state index in [1.165, 1.54) is 6.20 Å². The van der Waals surface area contributed by atoms with Gasteiger partial charge >= 0.3 is 0 Å². The first-order valence-corrected chi connectivity index (χ1v) is 6.50. The molecule has 0 atom stereocenters. The average Bonchev–Trinajstić information content (AvgIpc) is 1.83. The SMILES string of the molecule is C.CP(C)(=O)c1cnc(Cl)nc1Cl. The van der Waals surface area contributed by atoms with Gasteiger partial charge in [0.05, 0.1) is 5.30 Å². The van der Waals surface area contributed by atoms with Gasteiger partial charge in [-0.25, -0.2) is 9.97 Å². The lowest BCUT2D eigenvalue weighted by Crippen LogP contribution is -2.07. The Kier molecular flexibility index (Phi) is 4.37. The van der Waals surface area contributed by atoms with Gasteiger partial charge in [0.2, 0.25) is 5.28 Å². The molecule has 1 aromatic rings. The molecule has 1 rings (SSSR count). The van der Waals surface area contributed by atoms with Crippen LogP contribution in [0.5, 0.6) is 0 Å². The molecule has 74 valence electrons. The summed E-state index contributed by atoms with van der Waals surface area (Å²) >= 11 is 11.2. The van der Waals surface area contributed by atoms with E-state index in [0.29, 0.717) is 5.30 Å². The molecule has 0 N–H and O–H groups in total. The average molecular weight is 241 g/mol. The van der Waals surface area contributed by atoms with Crippen molar-refractivity contribution < 1.29 is 4.57 Å². The van der Waals surface area contributed by atoms with E-state index in [9.17, 15) is 4.57 Å². The van der Waals surface area contributed by atoms with E-state index in [4.69, 9.17) is 23.2 Å². The quantitative estimate of drug-likeness (QED) is 0.431. The largest absolute Gasteiger partial charge is 0.319 e. The molecule has 1 heterocycles. The topological polar surface area (TPSA) is 42.9 Å². The van der Waals surface area contributed by atoms with Gasteiger partial charge in [-0.3, -0.25) is 0 Å². The van der Waals surface area contributed by atoms with Crippen LogP contribution in [0.25, 0.3) is 0 Å². The molecule has 0 spiro atoms. The summed E-state index contributed by atoms with van der Waals surface area (Å²) in [5, 5.41) is 0.703. The summed E-state index contributed by atoms with van der Waals surface area (Å²) in [6.07, 6.45) is 1.40. The Morgan fingerprint density at radius 3 is 2.31 bits per heavy atom. The highest BCUT2D eigenvalue weighted by atomic mass is 35.5. The standard InChI is InChI=1S/C6H7Cl2N2OP.CH4/c1-12(2,11)4-3-9-6(8)10-5(4)7;/h3H,1-2H3;1H4. The molecule has 0 fully saturated rings. The molecule has 0 unspecified atom stereocenters. The fourth-order valence-electron chi connectivity index (χ4n) is 0.696. The first kappa shape index (κ1) is 12.9. The third kappa shape index (κ3) is 3.26. The number of nitrogens with zero attached hydrogens (tertiary/aromatic N) is 2. The van der Waals surface area contributed by atoms with E-state index in [2.05, 4.69) is 9.97 Å². The van der Waals surface area contributed by atoms with Crippen LogP contribution >= 0.6 is 30.3 Å². The van der Waals surface area contributed by atoms with Crippen LogP contribution in [0.2, 0.25) is 10.4 Å². The predicted molar refractivity (Wildman–Crippen MR) is 57.9 cm³/mol. The van der Waals surface area contributed by atoms with Gasteiger partial charge in [0.15, 0.2) is 0 Å². The molecule has 0 bridgehead atoms. The maximum atomic E-state index is 11.5. The van der Waals surface area contributed by atoms with Crippen LogP contribution in [-0.2, 0) is 4.57 Å². The van der Waals surface area contributed by atoms with E-state index < -0.39 is 7.14 Å². The third-order valence-corrected chi connectivity index (χ3v) is 3.36. The molecule has 3 nitrogen and oxygen atoms in total. The van der Waals surface area contributed by atoms with Gasteiger partial charge in [-0.05, 0) is 24.9 Å². The van der Waals surface area contributed by atoms with Crippen LogP contribution in [0.3, 0.4) is 0 Å². The second-order valence-corrected chi connectivity index (χ2v) is 6.55. The lowest BCUT2D eigenvalue weighted by Gasteiger charge is -2.06. The number of hydrogen-bond acceptors (Lipinski definition) is 3. The van der Waals surface area contributed by atoms with E-state index in [1.54, 1.807) is 13.3 Å². The van der Waals surface area contributed by atoms with Crippen molar-refractivity contribution in [3.63, 3.8) is 0 Å². The predicted octanol–water partition coefficient (Wildman–Crippen LogP) is 2.67. The monoisotopic (exact) mass is 240 g/mol. The summed E-state index contributed by atoms with van der Waals surface area (Å²) in [5.41, 5.74) is 0. The van der Waals surface area contributed by atoms with Crippen LogP contribution in [-0.4, -0.2) is 23.3 Å². The zero-order valence-corrected chi connectivity index (χ0v) is 8.99. The van der Waals surface area contributed by atoms with Crippen LogP contribution < -0.4 is 5.30 Å². The smallest absolute Gasteiger partial charge is 0.223 e. The van der Waals surface area contributed by atoms with Crippen molar-refractivity contribution in [2.24, 2.45) is 0 Å². The third-order valence-electron chi connectivity index (χ3n) is 1.28. The maximum absolute atomic E-state index is 11.5. The second kappa shape index (κ2) is 4.41. The van der Waals surface area contributed by atoms with E-state index in [-0.39, 0.29) is 17.9 Å². The van der Waals surface area contributed by atoms with Crippen LogP contribution in [0, 0.1) is 0 Å². The van der Waals surface area contributed by atoms with Gasteiger partial charge in [0.25, 0.3) is 0 Å². The molecule has 0 saturated heterocycles. The zero-order valence-electron chi connectivity index (χ0n) is 6.58. The molecular formula is C7H11Cl2N2OP. The van der Waals surface area contributed by atoms with Crippen molar-refractivity contribution in [1.82, 2.24) is 9.97 Å². The molecule has 13 heavy (non-hydrogen) atoms. The molecule has 0 aliphatic carbocycles. The summed E-state index contributed by atoms with van der Waals surface area (Å²) in [5.74, 6) is 0. The minimum absolute atomic E-state index is 0. The summed E-state index contributed by atoms with van der Waals surface area (Å²) < 4.78 is 11.5. The second-order valence-electron chi connectivity index (χ2n) is 2.67. The van der Waals surface area contributed by atoms with Gasteiger partial charge < -0.3 is 4.57 Å². The number of halogens is 2. The molecular weight excluding hydrogens is 230 g/mol. The summed E-state index contributed by atoms with van der Waals surface area (Å²) in [7, 11) is -2.39. The van der Waals surface area contributed by atoms with E-state index in [0.717, 1.165) is 0 Å². The lowest BCUT2D eigenvalue weighted by molar-refractivity contribution is 0.588. The molecule has 0 aliphatic rings. The van der Waals surface area contributed by atoms with Gasteiger partial charge in [-0.15, -0.1) is 0 Å². The van der Waals surface area contributed by atoms with Crippen molar-refractivity contribution in [3.05, 3.63) is 16.6 Å². The molecule has 0 amide bonds. The molecule has 0 aromatic carbocycles. The minimum atomic E-state index is -2.39. The Morgan fingerprint density at radius 1 is 1.38 bits per heavy atom. The van der Waals surface area contributed by atoms with Crippen LogP contribution in [0.1, 0.15) is 7.43 Å². The van der Waals surface area contributed by atoms with Crippen LogP contribution in [0.15, 0.2) is 6.20 Å². The fourth-order valence-corrected chi connectivity index (χ4v) is 2.44. The first-order chi connectivity index (χ1) is 5.41. The maximum Gasteiger partial charge on any atom is 0.223 e. The zero-order chi connectivity index (χ0) is 9.35. The fraction of sp³-hybridized carbons (Fsp3) is 0.429. The van der Waals surface area contributed by atoms with Crippen LogP contribution in [0.4, 0.5) is 0 Å². The number of hydrogen-bond donors (Lipinski definition) is 0.